The van der Waals surface area contributed by atoms with Gasteiger partial charge in [-0.25, -0.2) is 0 Å². The lowest BCUT2D eigenvalue weighted by atomic mass is 10.2. The van der Waals surface area contributed by atoms with E-state index in [4.69, 9.17) is 4.74 Å². The van der Waals surface area contributed by atoms with E-state index in [1.807, 2.05) is 60.7 Å². The number of rotatable bonds is 7. The molecular formula is C22H21N3O2S. The summed E-state index contributed by atoms with van der Waals surface area (Å²) in [6.45, 7) is 2.91. The van der Waals surface area contributed by atoms with Crippen LogP contribution in [0, 0.1) is 0 Å². The van der Waals surface area contributed by atoms with E-state index < -0.39 is 0 Å². The van der Waals surface area contributed by atoms with Crippen LogP contribution in [0.4, 0.5) is 0 Å². The molecule has 0 radical (unpaired) electrons. The fourth-order valence-corrected chi connectivity index (χ4v) is 3.80. The summed E-state index contributed by atoms with van der Waals surface area (Å²) in [7, 11) is 0. The highest BCUT2D eigenvalue weighted by atomic mass is 32.1. The molecule has 2 aromatic carbocycles. The van der Waals surface area contributed by atoms with E-state index in [0.717, 1.165) is 29.9 Å². The minimum absolute atomic E-state index is 0.144. The highest BCUT2D eigenvalue weighted by molar-refractivity contribution is 7.15. The maximum absolute atomic E-state index is 12.7. The second-order valence-corrected chi connectivity index (χ2v) is 7.55. The molecule has 2 heterocycles. The van der Waals surface area contributed by atoms with Crippen molar-refractivity contribution in [2.75, 3.05) is 6.61 Å². The van der Waals surface area contributed by atoms with Crippen LogP contribution in [0.2, 0.25) is 0 Å². The minimum atomic E-state index is -0.144. The summed E-state index contributed by atoms with van der Waals surface area (Å²) in [6, 6.07) is 17.5. The fourth-order valence-electron chi connectivity index (χ4n) is 2.90. The number of hydrogen-bond donors (Lipinski definition) is 0. The fraction of sp³-hybridized carbons (Fsp3) is 0.227. The molecule has 4 aromatic rings. The lowest BCUT2D eigenvalue weighted by molar-refractivity contribution is 0.306. The molecule has 0 aliphatic carbocycles. The normalized spacial score (nSPS) is 12.0. The lowest BCUT2D eigenvalue weighted by Crippen LogP contribution is -2.23. The first-order chi connectivity index (χ1) is 13.7. The summed E-state index contributed by atoms with van der Waals surface area (Å²) < 4.78 is 7.73. The molecule has 4 rings (SSSR count). The monoisotopic (exact) mass is 391 g/mol. The molecule has 0 N–H and O–H groups in total. The highest BCUT2D eigenvalue weighted by Gasteiger charge is 2.11. The molecule has 0 saturated heterocycles. The molecule has 0 bridgehead atoms. The van der Waals surface area contributed by atoms with E-state index >= 15 is 0 Å². The number of thiazole rings is 1. The summed E-state index contributed by atoms with van der Waals surface area (Å²) >= 11 is 1.35. The second kappa shape index (κ2) is 8.35. The average molecular weight is 391 g/mol. The Morgan fingerprint density at radius 1 is 1.07 bits per heavy atom. The molecule has 6 heteroatoms. The molecule has 0 saturated carbocycles. The molecule has 142 valence electrons. The van der Waals surface area contributed by atoms with Crippen molar-refractivity contribution in [1.82, 2.24) is 14.6 Å². The van der Waals surface area contributed by atoms with Crippen molar-refractivity contribution >= 4 is 22.4 Å². The van der Waals surface area contributed by atoms with Crippen LogP contribution in [0.5, 0.6) is 5.75 Å². The summed E-state index contributed by atoms with van der Waals surface area (Å²) in [5.41, 5.74) is 1.71. The van der Waals surface area contributed by atoms with Gasteiger partial charge in [-0.2, -0.15) is 9.50 Å². The molecule has 0 aliphatic heterocycles. The van der Waals surface area contributed by atoms with Gasteiger partial charge in [-0.3, -0.25) is 4.79 Å². The Hall–Kier alpha value is -2.99. The van der Waals surface area contributed by atoms with Crippen molar-refractivity contribution in [2.24, 2.45) is 0 Å². The van der Waals surface area contributed by atoms with Crippen LogP contribution in [0.1, 0.15) is 31.7 Å². The third-order valence-corrected chi connectivity index (χ3v) is 5.37. The number of nitrogens with zero attached hydrogens (tertiary/aromatic N) is 3. The average Bonchev–Trinajstić information content (AvgIpc) is 3.27. The SMILES string of the molecule is CCCCCOc1ccc(C=c2sc3nc(-c4ccccc4)nn3c2=O)cc1. The van der Waals surface area contributed by atoms with Crippen molar-refractivity contribution in [3.05, 3.63) is 75.0 Å². The largest absolute Gasteiger partial charge is 0.494 e. The van der Waals surface area contributed by atoms with Crippen LogP contribution in [-0.2, 0) is 0 Å². The number of benzene rings is 2. The molecular weight excluding hydrogens is 370 g/mol. The van der Waals surface area contributed by atoms with Crippen molar-refractivity contribution < 1.29 is 4.74 Å². The first-order valence-electron chi connectivity index (χ1n) is 9.44. The van der Waals surface area contributed by atoms with E-state index in [9.17, 15) is 4.79 Å². The Labute approximate surface area is 166 Å². The van der Waals surface area contributed by atoms with Gasteiger partial charge in [-0.15, -0.1) is 5.10 Å². The van der Waals surface area contributed by atoms with Crippen molar-refractivity contribution in [3.8, 4) is 17.1 Å². The van der Waals surface area contributed by atoms with E-state index in [1.54, 1.807) is 0 Å². The van der Waals surface area contributed by atoms with Gasteiger partial charge in [0.2, 0.25) is 4.96 Å². The van der Waals surface area contributed by atoms with E-state index in [2.05, 4.69) is 17.0 Å². The maximum atomic E-state index is 12.7. The Morgan fingerprint density at radius 3 is 2.57 bits per heavy atom. The molecule has 5 nitrogen and oxygen atoms in total. The maximum Gasteiger partial charge on any atom is 0.291 e. The lowest BCUT2D eigenvalue weighted by Gasteiger charge is -2.05. The second-order valence-electron chi connectivity index (χ2n) is 6.54. The minimum Gasteiger partial charge on any atom is -0.494 e. The van der Waals surface area contributed by atoms with Gasteiger partial charge in [-0.05, 0) is 30.2 Å². The van der Waals surface area contributed by atoms with E-state index in [1.165, 1.54) is 28.7 Å². The Morgan fingerprint density at radius 2 is 1.86 bits per heavy atom. The van der Waals surface area contributed by atoms with Gasteiger partial charge in [0.05, 0.1) is 11.1 Å². The molecule has 0 unspecified atom stereocenters. The summed E-state index contributed by atoms with van der Waals surface area (Å²) in [4.78, 5) is 17.8. The Bertz CT molecular complexity index is 1160. The van der Waals surface area contributed by atoms with Crippen molar-refractivity contribution in [1.29, 1.82) is 0 Å². The predicted octanol–water partition coefficient (Wildman–Crippen LogP) is 3.93. The van der Waals surface area contributed by atoms with Gasteiger partial charge >= 0.3 is 0 Å². The smallest absolute Gasteiger partial charge is 0.291 e. The van der Waals surface area contributed by atoms with Crippen molar-refractivity contribution in [2.45, 2.75) is 26.2 Å². The van der Waals surface area contributed by atoms with Gasteiger partial charge in [0.15, 0.2) is 5.82 Å². The first-order valence-corrected chi connectivity index (χ1v) is 10.3. The zero-order valence-electron chi connectivity index (χ0n) is 15.7. The molecule has 0 amide bonds. The Balaban J connectivity index is 1.55. The van der Waals surface area contributed by atoms with E-state index in [-0.39, 0.29) is 5.56 Å². The summed E-state index contributed by atoms with van der Waals surface area (Å²) in [5.74, 6) is 1.42. The van der Waals surface area contributed by atoms with Crippen LogP contribution in [0.3, 0.4) is 0 Å². The van der Waals surface area contributed by atoms with Crippen LogP contribution in [0.25, 0.3) is 22.4 Å². The van der Waals surface area contributed by atoms with Gasteiger partial charge in [0.25, 0.3) is 5.56 Å². The molecule has 0 fully saturated rings. The predicted molar refractivity (Wildman–Crippen MR) is 113 cm³/mol. The highest BCUT2D eigenvalue weighted by Crippen LogP contribution is 2.16. The zero-order valence-corrected chi connectivity index (χ0v) is 16.5. The molecule has 0 atom stereocenters. The standard InChI is InChI=1S/C22H21N3O2S/c1-2-3-7-14-27-18-12-10-16(11-13-18)15-19-21(26)25-22(28-19)23-20(24-25)17-8-5-4-6-9-17/h4-6,8-13,15H,2-3,7,14H2,1H3. The van der Waals surface area contributed by atoms with Crippen LogP contribution in [0.15, 0.2) is 59.4 Å². The van der Waals surface area contributed by atoms with Gasteiger partial charge in [0, 0.05) is 5.56 Å². The van der Waals surface area contributed by atoms with Gasteiger partial charge < -0.3 is 4.74 Å². The van der Waals surface area contributed by atoms with Crippen LogP contribution < -0.4 is 14.8 Å². The summed E-state index contributed by atoms with van der Waals surface area (Å²) in [6.07, 6.45) is 5.29. The topological polar surface area (TPSA) is 56.5 Å². The first kappa shape index (κ1) is 18.4. The van der Waals surface area contributed by atoms with Crippen molar-refractivity contribution in [3.63, 3.8) is 0 Å². The number of aromatic nitrogens is 3. The molecule has 2 aromatic heterocycles. The Kier molecular flexibility index (Phi) is 5.48. The third kappa shape index (κ3) is 3.97. The molecule has 28 heavy (non-hydrogen) atoms. The quantitative estimate of drug-likeness (QED) is 0.448. The van der Waals surface area contributed by atoms with Gasteiger partial charge in [-0.1, -0.05) is 73.6 Å². The zero-order chi connectivity index (χ0) is 19.3. The molecule has 0 spiro atoms. The number of unbranched alkanes of at least 4 members (excludes halogenated alkanes) is 2. The number of fused-ring (bicyclic) bond motifs is 1. The summed E-state index contributed by atoms with van der Waals surface area (Å²) in [5, 5.41) is 4.37. The van der Waals surface area contributed by atoms with Crippen LogP contribution in [-0.4, -0.2) is 21.2 Å². The third-order valence-electron chi connectivity index (χ3n) is 4.41. The van der Waals surface area contributed by atoms with E-state index in [0.29, 0.717) is 15.3 Å². The van der Waals surface area contributed by atoms with Crippen LogP contribution >= 0.6 is 11.3 Å². The number of hydrogen-bond acceptors (Lipinski definition) is 5. The van der Waals surface area contributed by atoms with Gasteiger partial charge in [0.1, 0.15) is 5.75 Å². The molecule has 0 aliphatic rings. The number of ether oxygens (including phenoxy) is 1.